The molecule has 2 N–H and O–H groups in total. The number of carbonyl (C=O) groups is 3. The number of thioether (sulfide) groups is 1. The highest BCUT2D eigenvalue weighted by molar-refractivity contribution is 8.13. The number of aliphatic carboxylic acids is 1. The van der Waals surface area contributed by atoms with Crippen LogP contribution in [0.2, 0.25) is 0 Å². The van der Waals surface area contributed by atoms with Gasteiger partial charge in [0.05, 0.1) is 0 Å². The van der Waals surface area contributed by atoms with E-state index in [1.165, 1.54) is 18.7 Å². The van der Waals surface area contributed by atoms with Gasteiger partial charge in [-0.25, -0.2) is 9.59 Å². The number of amides is 2. The van der Waals surface area contributed by atoms with Gasteiger partial charge in [0.25, 0.3) is 0 Å². The van der Waals surface area contributed by atoms with Crippen LogP contribution in [-0.4, -0.2) is 52.0 Å². The summed E-state index contributed by atoms with van der Waals surface area (Å²) in [6, 6.07) is 17.7. The number of nitrogens with one attached hydrogen (secondary N) is 1. The van der Waals surface area contributed by atoms with Crippen LogP contribution in [0.3, 0.4) is 0 Å². The number of urea groups is 1. The first-order valence-electron chi connectivity index (χ1n) is 10.3. The first-order valence-corrected chi connectivity index (χ1v) is 11.3. The summed E-state index contributed by atoms with van der Waals surface area (Å²) in [4.78, 5) is 37.7. The standard InChI is InChI=1S/C24H30N2O4S/c1-18(17-31-19(2)27)16-26(14-13-20-9-5-3-6-10-20)24(30)25-22(23(28)29)15-21-11-7-4-8-12-21/h3-12,18,22H,13-17H2,1-2H3,(H,25,30)(H,28,29). The second kappa shape index (κ2) is 12.8. The maximum absolute atomic E-state index is 13.0. The fourth-order valence-corrected chi connectivity index (χ4v) is 3.79. The Morgan fingerprint density at radius 3 is 2.13 bits per heavy atom. The molecule has 0 heterocycles. The Labute approximate surface area is 188 Å². The van der Waals surface area contributed by atoms with Crippen molar-refractivity contribution < 1.29 is 19.5 Å². The maximum atomic E-state index is 13.0. The van der Waals surface area contributed by atoms with Gasteiger partial charge in [0.2, 0.25) is 0 Å². The van der Waals surface area contributed by atoms with E-state index >= 15 is 0 Å². The molecule has 0 aliphatic rings. The summed E-state index contributed by atoms with van der Waals surface area (Å²) in [5.74, 6) is -0.371. The molecule has 166 valence electrons. The molecule has 0 bridgehead atoms. The normalized spacial score (nSPS) is 12.6. The molecule has 0 aromatic heterocycles. The zero-order valence-corrected chi connectivity index (χ0v) is 18.8. The number of nitrogens with zero attached hydrogens (tertiary/aromatic N) is 1. The minimum Gasteiger partial charge on any atom is -0.480 e. The predicted octanol–water partition coefficient (Wildman–Crippen LogP) is 3.85. The molecule has 0 saturated carbocycles. The molecular formula is C24H30N2O4S. The van der Waals surface area contributed by atoms with Crippen LogP contribution in [0.1, 0.15) is 25.0 Å². The van der Waals surface area contributed by atoms with E-state index in [0.717, 1.165) is 11.1 Å². The SMILES string of the molecule is CC(=O)SCC(C)CN(CCc1ccccc1)C(=O)NC(Cc1ccccc1)C(=O)O. The van der Waals surface area contributed by atoms with Gasteiger partial charge in [-0.3, -0.25) is 4.79 Å². The number of carboxylic acid groups (broad SMARTS) is 1. The Morgan fingerprint density at radius 2 is 1.58 bits per heavy atom. The molecule has 0 spiro atoms. The second-order valence-electron chi connectivity index (χ2n) is 7.62. The van der Waals surface area contributed by atoms with Crippen LogP contribution >= 0.6 is 11.8 Å². The molecule has 0 aliphatic carbocycles. The Kier molecular flexibility index (Phi) is 10.1. The highest BCUT2D eigenvalue weighted by atomic mass is 32.2. The number of benzene rings is 2. The van der Waals surface area contributed by atoms with Crippen molar-refractivity contribution in [2.45, 2.75) is 32.7 Å². The largest absolute Gasteiger partial charge is 0.480 e. The summed E-state index contributed by atoms with van der Waals surface area (Å²) in [5, 5.41) is 12.4. The Hall–Kier alpha value is -2.80. The molecule has 2 aromatic rings. The third-order valence-electron chi connectivity index (χ3n) is 4.78. The fraction of sp³-hybridized carbons (Fsp3) is 0.375. The Morgan fingerprint density at radius 1 is 1.00 bits per heavy atom. The number of rotatable bonds is 11. The second-order valence-corrected chi connectivity index (χ2v) is 8.82. The lowest BCUT2D eigenvalue weighted by molar-refractivity contribution is -0.139. The van der Waals surface area contributed by atoms with Crippen molar-refractivity contribution in [3.8, 4) is 0 Å². The van der Waals surface area contributed by atoms with Crippen LogP contribution in [0.5, 0.6) is 0 Å². The number of hydrogen-bond donors (Lipinski definition) is 2. The quantitative estimate of drug-likeness (QED) is 0.552. The van der Waals surface area contributed by atoms with Crippen LogP contribution in [0, 0.1) is 5.92 Å². The van der Waals surface area contributed by atoms with E-state index < -0.39 is 18.0 Å². The fourth-order valence-electron chi connectivity index (χ4n) is 3.16. The monoisotopic (exact) mass is 442 g/mol. The van der Waals surface area contributed by atoms with Gasteiger partial charge < -0.3 is 15.3 Å². The average Bonchev–Trinajstić information content (AvgIpc) is 2.76. The van der Waals surface area contributed by atoms with Crippen LogP contribution in [0.4, 0.5) is 4.79 Å². The molecule has 7 heteroatoms. The predicted molar refractivity (Wildman–Crippen MR) is 124 cm³/mol. The minimum atomic E-state index is -1.07. The lowest BCUT2D eigenvalue weighted by Crippen LogP contribution is -2.50. The Bertz CT molecular complexity index is 845. The summed E-state index contributed by atoms with van der Waals surface area (Å²) in [5.41, 5.74) is 1.95. The van der Waals surface area contributed by atoms with Crippen molar-refractivity contribution in [3.63, 3.8) is 0 Å². The number of carbonyl (C=O) groups excluding carboxylic acids is 2. The summed E-state index contributed by atoms with van der Waals surface area (Å²) in [6.45, 7) is 4.41. The zero-order chi connectivity index (χ0) is 22.6. The molecule has 0 aliphatic heterocycles. The molecule has 2 atom stereocenters. The van der Waals surface area contributed by atoms with Gasteiger partial charge in [-0.2, -0.15) is 0 Å². The van der Waals surface area contributed by atoms with Crippen LogP contribution < -0.4 is 5.32 Å². The van der Waals surface area contributed by atoms with Gasteiger partial charge in [-0.1, -0.05) is 79.3 Å². The molecular weight excluding hydrogens is 412 g/mol. The first-order chi connectivity index (χ1) is 14.8. The summed E-state index contributed by atoms with van der Waals surface area (Å²) in [7, 11) is 0. The minimum absolute atomic E-state index is 0.0425. The molecule has 2 rings (SSSR count). The highest BCUT2D eigenvalue weighted by Gasteiger charge is 2.24. The van der Waals surface area contributed by atoms with Gasteiger partial charge >= 0.3 is 12.0 Å². The summed E-state index contributed by atoms with van der Waals surface area (Å²) in [6.07, 6.45) is 0.876. The van der Waals surface area contributed by atoms with Crippen molar-refractivity contribution >= 4 is 28.9 Å². The molecule has 2 unspecified atom stereocenters. The summed E-state index contributed by atoms with van der Waals surface area (Å²) >= 11 is 1.24. The van der Waals surface area contributed by atoms with E-state index in [1.807, 2.05) is 67.6 Å². The third kappa shape index (κ3) is 9.26. The van der Waals surface area contributed by atoms with Gasteiger partial charge in [-0.15, -0.1) is 0 Å². The average molecular weight is 443 g/mol. The van der Waals surface area contributed by atoms with Gasteiger partial charge in [0.15, 0.2) is 5.12 Å². The van der Waals surface area contributed by atoms with Crippen LogP contribution in [0.15, 0.2) is 60.7 Å². The molecule has 2 aromatic carbocycles. The molecule has 0 radical (unpaired) electrons. The number of carboxylic acids is 1. The van der Waals surface area contributed by atoms with E-state index in [0.29, 0.717) is 25.3 Å². The molecule has 0 fully saturated rings. The smallest absolute Gasteiger partial charge is 0.326 e. The van der Waals surface area contributed by atoms with Crippen molar-refractivity contribution in [1.82, 2.24) is 10.2 Å². The van der Waals surface area contributed by atoms with Gasteiger partial charge in [0, 0.05) is 32.2 Å². The van der Waals surface area contributed by atoms with E-state index in [2.05, 4.69) is 5.32 Å². The summed E-state index contributed by atoms with van der Waals surface area (Å²) < 4.78 is 0. The van der Waals surface area contributed by atoms with Crippen molar-refractivity contribution in [2.75, 3.05) is 18.8 Å². The molecule has 6 nitrogen and oxygen atoms in total. The van der Waals surface area contributed by atoms with Gasteiger partial charge in [-0.05, 0) is 23.5 Å². The first kappa shape index (κ1) is 24.5. The van der Waals surface area contributed by atoms with Crippen molar-refractivity contribution in [1.29, 1.82) is 0 Å². The van der Waals surface area contributed by atoms with E-state index in [-0.39, 0.29) is 17.5 Å². The lowest BCUT2D eigenvalue weighted by atomic mass is 10.1. The van der Waals surface area contributed by atoms with Crippen molar-refractivity contribution in [2.24, 2.45) is 5.92 Å². The van der Waals surface area contributed by atoms with Gasteiger partial charge in [0.1, 0.15) is 6.04 Å². The lowest BCUT2D eigenvalue weighted by Gasteiger charge is -2.28. The Balaban J connectivity index is 2.06. The van der Waals surface area contributed by atoms with Crippen LogP contribution in [-0.2, 0) is 22.4 Å². The molecule has 31 heavy (non-hydrogen) atoms. The number of hydrogen-bond acceptors (Lipinski definition) is 4. The van der Waals surface area contributed by atoms with E-state index in [4.69, 9.17) is 0 Å². The third-order valence-corrected chi connectivity index (χ3v) is 5.92. The topological polar surface area (TPSA) is 86.7 Å². The maximum Gasteiger partial charge on any atom is 0.326 e. The van der Waals surface area contributed by atoms with E-state index in [9.17, 15) is 19.5 Å². The molecule has 0 saturated heterocycles. The van der Waals surface area contributed by atoms with E-state index in [1.54, 1.807) is 4.90 Å². The van der Waals surface area contributed by atoms with Crippen molar-refractivity contribution in [3.05, 3.63) is 71.8 Å². The highest BCUT2D eigenvalue weighted by Crippen LogP contribution is 2.12. The zero-order valence-electron chi connectivity index (χ0n) is 18.0. The molecule has 2 amide bonds. The van der Waals surface area contributed by atoms with Crippen LogP contribution in [0.25, 0.3) is 0 Å².